The monoisotopic (exact) mass is 400 g/mol. The Morgan fingerprint density at radius 3 is 2.14 bits per heavy atom. The van der Waals surface area contributed by atoms with Crippen LogP contribution in [0, 0.1) is 11.8 Å². The van der Waals surface area contributed by atoms with Crippen molar-refractivity contribution in [2.45, 2.75) is 92.2 Å². The van der Waals surface area contributed by atoms with Crippen LogP contribution >= 0.6 is 0 Å². The summed E-state index contributed by atoms with van der Waals surface area (Å²) in [5.41, 5.74) is 2.72. The molecular weight excluding hydrogens is 360 g/mol. The summed E-state index contributed by atoms with van der Waals surface area (Å²) in [5.74, 6) is 1.74. The molecule has 0 spiro atoms. The van der Waals surface area contributed by atoms with Gasteiger partial charge in [0.25, 0.3) is 0 Å². The number of ether oxygens (including phenoxy) is 1. The molecule has 0 saturated carbocycles. The molecule has 0 fully saturated rings. The lowest BCUT2D eigenvalue weighted by molar-refractivity contribution is 0.278. The van der Waals surface area contributed by atoms with Crippen molar-refractivity contribution in [2.24, 2.45) is 21.8 Å². The molecule has 29 heavy (non-hydrogen) atoms. The van der Waals surface area contributed by atoms with Gasteiger partial charge in [-0.15, -0.1) is 0 Å². The Kier molecular flexibility index (Phi) is 6.86. The molecule has 2 atom stereocenters. The van der Waals surface area contributed by atoms with Crippen LogP contribution in [-0.2, 0) is 15.6 Å². The Morgan fingerprint density at radius 1 is 1.07 bits per heavy atom. The topological polar surface area (TPSA) is 54.2 Å². The van der Waals surface area contributed by atoms with Gasteiger partial charge in [-0.25, -0.2) is 4.99 Å². The quantitative estimate of drug-likeness (QED) is 0.627. The summed E-state index contributed by atoms with van der Waals surface area (Å²) in [6.45, 7) is 22.2. The molecule has 1 aromatic carbocycles. The number of aliphatic imine (C=N–C) groups is 2. The van der Waals surface area contributed by atoms with E-state index in [0.29, 0.717) is 18.3 Å². The lowest BCUT2D eigenvalue weighted by Crippen LogP contribution is -2.25. The first-order valence-corrected chi connectivity index (χ1v) is 10.8. The van der Waals surface area contributed by atoms with Crippen LogP contribution in [-0.4, -0.2) is 35.9 Å². The van der Waals surface area contributed by atoms with Crippen molar-refractivity contribution in [2.75, 3.05) is 6.61 Å². The van der Waals surface area contributed by atoms with E-state index in [2.05, 4.69) is 81.4 Å². The van der Waals surface area contributed by atoms with Gasteiger partial charge >= 0.3 is 0 Å². The second-order valence-electron chi connectivity index (χ2n) is 11.0. The van der Waals surface area contributed by atoms with Crippen LogP contribution in [0.3, 0.4) is 0 Å². The molecule has 0 aromatic heterocycles. The van der Waals surface area contributed by atoms with Gasteiger partial charge in [-0.3, -0.25) is 4.99 Å². The second-order valence-corrected chi connectivity index (χ2v) is 11.0. The minimum atomic E-state index is -0.158. The predicted molar refractivity (Wildman–Crippen MR) is 124 cm³/mol. The Labute approximate surface area is 177 Å². The maximum absolute atomic E-state index is 11.0. The van der Waals surface area contributed by atoms with E-state index < -0.39 is 0 Å². The van der Waals surface area contributed by atoms with E-state index in [9.17, 15) is 5.11 Å². The zero-order valence-electron chi connectivity index (χ0n) is 20.0. The predicted octanol–water partition coefficient (Wildman–Crippen LogP) is 5.88. The fourth-order valence-corrected chi connectivity index (χ4v) is 3.35. The summed E-state index contributed by atoms with van der Waals surface area (Å²) >= 11 is 0. The average Bonchev–Trinajstić information content (AvgIpc) is 3.03. The summed E-state index contributed by atoms with van der Waals surface area (Å²) in [5, 5.41) is 11.0. The van der Waals surface area contributed by atoms with E-state index in [4.69, 9.17) is 14.7 Å². The molecule has 1 N–H and O–H groups in total. The number of rotatable bonds is 5. The van der Waals surface area contributed by atoms with Crippen LogP contribution < -0.4 is 0 Å². The highest BCUT2D eigenvalue weighted by Gasteiger charge is 2.29. The SMILES string of the molecule is CC(C)[C@H](N=Cc1cc(C(C)(C)C)cc(C(C)(C)C)c1O)C1=N[C@@H](C(C)C)CO1. The number of hydrogen-bond donors (Lipinski definition) is 1. The lowest BCUT2D eigenvalue weighted by Gasteiger charge is -2.27. The first-order chi connectivity index (χ1) is 13.2. The van der Waals surface area contributed by atoms with Crippen LogP contribution in [0.5, 0.6) is 5.75 Å². The molecule has 1 aromatic rings. The molecule has 0 radical (unpaired) electrons. The van der Waals surface area contributed by atoms with Crippen molar-refractivity contribution < 1.29 is 9.84 Å². The molecule has 0 saturated heterocycles. The number of phenols is 1. The summed E-state index contributed by atoms with van der Waals surface area (Å²) in [7, 11) is 0. The summed E-state index contributed by atoms with van der Waals surface area (Å²) < 4.78 is 5.90. The van der Waals surface area contributed by atoms with E-state index >= 15 is 0 Å². The van der Waals surface area contributed by atoms with Crippen LogP contribution in [0.4, 0.5) is 0 Å². The molecule has 1 heterocycles. The van der Waals surface area contributed by atoms with Gasteiger partial charge < -0.3 is 9.84 Å². The zero-order valence-corrected chi connectivity index (χ0v) is 20.0. The van der Waals surface area contributed by atoms with Gasteiger partial charge in [0.1, 0.15) is 18.4 Å². The fraction of sp³-hybridized carbons (Fsp3) is 0.680. The zero-order chi connectivity index (χ0) is 22.1. The third-order valence-corrected chi connectivity index (χ3v) is 5.54. The van der Waals surface area contributed by atoms with Gasteiger partial charge in [0.05, 0.1) is 6.04 Å². The van der Waals surface area contributed by atoms with Crippen LogP contribution in [0.1, 0.15) is 85.9 Å². The Hall–Kier alpha value is -1.84. The van der Waals surface area contributed by atoms with Gasteiger partial charge in [0.15, 0.2) is 0 Å². The van der Waals surface area contributed by atoms with Crippen LogP contribution in [0.25, 0.3) is 0 Å². The Bertz CT molecular complexity index is 777. The van der Waals surface area contributed by atoms with E-state index in [1.165, 1.54) is 5.56 Å². The molecule has 1 aliphatic rings. The van der Waals surface area contributed by atoms with Crippen molar-refractivity contribution in [1.29, 1.82) is 0 Å². The minimum Gasteiger partial charge on any atom is -0.507 e. The maximum atomic E-state index is 11.0. The van der Waals surface area contributed by atoms with Crippen molar-refractivity contribution in [3.8, 4) is 5.75 Å². The number of aromatic hydroxyl groups is 1. The molecule has 0 unspecified atom stereocenters. The highest BCUT2D eigenvalue weighted by molar-refractivity contribution is 5.89. The molecule has 0 aliphatic carbocycles. The third-order valence-electron chi connectivity index (χ3n) is 5.54. The molecule has 162 valence electrons. The molecule has 4 nitrogen and oxygen atoms in total. The number of benzene rings is 1. The first kappa shape index (κ1) is 23.4. The standard InChI is InChI=1S/C25H40N2O2/c1-15(2)20-14-29-23(27-20)21(16(3)4)26-13-17-11-18(24(5,6)7)12-19(22(17)28)25(8,9)10/h11-13,15-16,20-21,28H,14H2,1-10H3/t20-,21+/m1/s1. The number of phenolic OH excluding ortho intramolecular Hbond substituents is 1. The highest BCUT2D eigenvalue weighted by Crippen LogP contribution is 2.37. The molecule has 0 amide bonds. The summed E-state index contributed by atoms with van der Waals surface area (Å²) in [6.07, 6.45) is 1.80. The van der Waals surface area contributed by atoms with Crippen molar-refractivity contribution in [1.82, 2.24) is 0 Å². The lowest BCUT2D eigenvalue weighted by atomic mass is 9.79. The Balaban J connectivity index is 2.47. The third kappa shape index (κ3) is 5.61. The van der Waals surface area contributed by atoms with Gasteiger partial charge in [0, 0.05) is 17.3 Å². The first-order valence-electron chi connectivity index (χ1n) is 10.8. The van der Waals surface area contributed by atoms with Crippen LogP contribution in [0.15, 0.2) is 22.1 Å². The smallest absolute Gasteiger partial charge is 0.209 e. The van der Waals surface area contributed by atoms with Gasteiger partial charge in [-0.1, -0.05) is 75.3 Å². The van der Waals surface area contributed by atoms with E-state index in [-0.39, 0.29) is 28.8 Å². The van der Waals surface area contributed by atoms with E-state index in [1.807, 2.05) is 0 Å². The van der Waals surface area contributed by atoms with Crippen molar-refractivity contribution >= 4 is 12.1 Å². The van der Waals surface area contributed by atoms with E-state index in [0.717, 1.165) is 17.0 Å². The highest BCUT2D eigenvalue weighted by atomic mass is 16.5. The molecule has 1 aliphatic heterocycles. The van der Waals surface area contributed by atoms with Gasteiger partial charge in [-0.05, 0) is 34.3 Å². The van der Waals surface area contributed by atoms with Gasteiger partial charge in [-0.2, -0.15) is 0 Å². The van der Waals surface area contributed by atoms with Crippen molar-refractivity contribution in [3.05, 3.63) is 28.8 Å². The van der Waals surface area contributed by atoms with Crippen molar-refractivity contribution in [3.63, 3.8) is 0 Å². The number of hydrogen-bond acceptors (Lipinski definition) is 4. The fourth-order valence-electron chi connectivity index (χ4n) is 3.35. The maximum Gasteiger partial charge on any atom is 0.209 e. The molecule has 0 bridgehead atoms. The molecule has 2 rings (SSSR count). The minimum absolute atomic E-state index is 0.0170. The number of nitrogens with zero attached hydrogens (tertiary/aromatic N) is 2. The van der Waals surface area contributed by atoms with Crippen LogP contribution in [0.2, 0.25) is 0 Å². The summed E-state index contributed by atoms with van der Waals surface area (Å²) in [4.78, 5) is 9.61. The average molecular weight is 401 g/mol. The molecule has 4 heteroatoms. The largest absolute Gasteiger partial charge is 0.507 e. The summed E-state index contributed by atoms with van der Waals surface area (Å²) in [6, 6.07) is 4.24. The van der Waals surface area contributed by atoms with Gasteiger partial charge in [0.2, 0.25) is 5.90 Å². The Morgan fingerprint density at radius 2 is 1.69 bits per heavy atom. The molecular formula is C25H40N2O2. The normalized spacial score (nSPS) is 19.2. The second kappa shape index (κ2) is 8.49. The van der Waals surface area contributed by atoms with E-state index in [1.54, 1.807) is 6.21 Å².